The summed E-state index contributed by atoms with van der Waals surface area (Å²) in [6, 6.07) is 7.59. The van der Waals surface area contributed by atoms with Crippen molar-refractivity contribution in [2.75, 3.05) is 19.3 Å². The average Bonchev–Trinajstić information content (AvgIpc) is 2.48. The Morgan fingerprint density at radius 1 is 1.25 bits per heavy atom. The fraction of sp³-hybridized carbons (Fsp3) is 0.562. The van der Waals surface area contributed by atoms with Gasteiger partial charge in [0, 0.05) is 10.8 Å². The number of carbonyl (C=O) groups excluding carboxylic acids is 1. The lowest BCUT2D eigenvalue weighted by molar-refractivity contribution is -0.0368. The normalized spacial score (nSPS) is 16.9. The molecule has 0 aromatic heterocycles. The molecule has 110 valence electrons. The van der Waals surface area contributed by atoms with Gasteiger partial charge in [0.15, 0.2) is 0 Å². The van der Waals surface area contributed by atoms with Gasteiger partial charge in [-0.1, -0.05) is 0 Å². The third kappa shape index (κ3) is 3.76. The fourth-order valence-corrected chi connectivity index (χ4v) is 3.03. The Hall–Kier alpha value is -1.00. The minimum atomic E-state index is -0.405. The molecule has 1 aromatic carbocycles. The standard InChI is InChI=1S/C16H23NO2S/c1-16(2,13-8-10-17-11-9-13)19-15(18)12-4-6-14(20-3)7-5-12/h4-7,13,17H,8-11H2,1-3H3. The van der Waals surface area contributed by atoms with E-state index in [1.165, 1.54) is 0 Å². The van der Waals surface area contributed by atoms with E-state index in [1.807, 2.05) is 44.4 Å². The zero-order valence-corrected chi connectivity index (χ0v) is 13.3. The summed E-state index contributed by atoms with van der Waals surface area (Å²) in [6.45, 7) is 6.07. The van der Waals surface area contributed by atoms with E-state index in [-0.39, 0.29) is 5.97 Å². The molecule has 1 aromatic rings. The molecule has 0 bridgehead atoms. The van der Waals surface area contributed by atoms with E-state index in [2.05, 4.69) is 5.32 Å². The summed E-state index contributed by atoms with van der Waals surface area (Å²) >= 11 is 1.67. The highest BCUT2D eigenvalue weighted by Gasteiger charge is 2.34. The van der Waals surface area contributed by atoms with Gasteiger partial charge < -0.3 is 10.1 Å². The van der Waals surface area contributed by atoms with Crippen LogP contribution in [0.15, 0.2) is 29.2 Å². The molecule has 1 N–H and O–H groups in total. The third-order valence-corrected chi connectivity index (χ3v) is 4.75. The molecule has 0 unspecified atom stereocenters. The molecule has 0 radical (unpaired) electrons. The molecule has 0 atom stereocenters. The van der Waals surface area contributed by atoms with Crippen LogP contribution in [0.5, 0.6) is 0 Å². The van der Waals surface area contributed by atoms with Crippen molar-refractivity contribution in [1.29, 1.82) is 0 Å². The van der Waals surface area contributed by atoms with Crippen LogP contribution in [-0.4, -0.2) is 30.9 Å². The van der Waals surface area contributed by atoms with Crippen molar-refractivity contribution in [2.24, 2.45) is 5.92 Å². The van der Waals surface area contributed by atoms with Crippen molar-refractivity contribution in [3.8, 4) is 0 Å². The smallest absolute Gasteiger partial charge is 0.338 e. The molecule has 0 spiro atoms. The Labute approximate surface area is 125 Å². The number of thioether (sulfide) groups is 1. The number of esters is 1. The summed E-state index contributed by atoms with van der Waals surface area (Å²) in [5.74, 6) is 0.208. The molecule has 4 heteroatoms. The van der Waals surface area contributed by atoms with Gasteiger partial charge >= 0.3 is 5.97 Å². The molecular formula is C16H23NO2S. The van der Waals surface area contributed by atoms with Crippen molar-refractivity contribution in [3.63, 3.8) is 0 Å². The first-order valence-electron chi connectivity index (χ1n) is 7.11. The Morgan fingerprint density at radius 2 is 1.85 bits per heavy atom. The maximum absolute atomic E-state index is 12.3. The van der Waals surface area contributed by atoms with Crippen LogP contribution < -0.4 is 5.32 Å². The van der Waals surface area contributed by atoms with Gasteiger partial charge in [-0.05, 0) is 70.3 Å². The van der Waals surface area contributed by atoms with E-state index >= 15 is 0 Å². The quantitative estimate of drug-likeness (QED) is 0.682. The molecule has 0 aliphatic carbocycles. The Bertz CT molecular complexity index is 450. The number of benzene rings is 1. The Morgan fingerprint density at radius 3 is 2.40 bits per heavy atom. The summed E-state index contributed by atoms with van der Waals surface area (Å²) in [5, 5.41) is 3.34. The van der Waals surface area contributed by atoms with E-state index in [1.54, 1.807) is 11.8 Å². The predicted molar refractivity (Wildman–Crippen MR) is 83.3 cm³/mol. The maximum atomic E-state index is 12.3. The zero-order chi connectivity index (χ0) is 14.6. The second-order valence-corrected chi connectivity index (χ2v) is 6.63. The van der Waals surface area contributed by atoms with Crippen LogP contribution in [0.2, 0.25) is 0 Å². The molecule has 2 rings (SSSR count). The highest BCUT2D eigenvalue weighted by Crippen LogP contribution is 2.30. The predicted octanol–water partition coefficient (Wildman–Crippen LogP) is 3.34. The van der Waals surface area contributed by atoms with E-state index < -0.39 is 5.60 Å². The summed E-state index contributed by atoms with van der Waals surface area (Å²) in [7, 11) is 0. The Kier molecular flexibility index (Phi) is 5.11. The molecule has 0 saturated carbocycles. The summed E-state index contributed by atoms with van der Waals surface area (Å²) < 4.78 is 5.76. The van der Waals surface area contributed by atoms with E-state index in [9.17, 15) is 4.79 Å². The lowest BCUT2D eigenvalue weighted by Crippen LogP contribution is -2.42. The summed E-state index contributed by atoms with van der Waals surface area (Å²) in [6.07, 6.45) is 4.14. The van der Waals surface area contributed by atoms with Gasteiger partial charge in [0.25, 0.3) is 0 Å². The first kappa shape index (κ1) is 15.4. The first-order valence-corrected chi connectivity index (χ1v) is 8.33. The van der Waals surface area contributed by atoms with Gasteiger partial charge in [0.1, 0.15) is 5.60 Å². The number of carbonyl (C=O) groups is 1. The van der Waals surface area contributed by atoms with Crippen LogP contribution in [0.3, 0.4) is 0 Å². The van der Waals surface area contributed by atoms with Crippen molar-refractivity contribution in [2.45, 2.75) is 37.2 Å². The van der Waals surface area contributed by atoms with Crippen LogP contribution in [0.4, 0.5) is 0 Å². The third-order valence-electron chi connectivity index (χ3n) is 4.00. The van der Waals surface area contributed by atoms with Crippen LogP contribution in [-0.2, 0) is 4.74 Å². The lowest BCUT2D eigenvalue weighted by atomic mass is 9.83. The number of ether oxygens (including phenoxy) is 1. The van der Waals surface area contributed by atoms with Gasteiger partial charge in [0.05, 0.1) is 5.56 Å². The molecule has 1 aliphatic heterocycles. The number of rotatable bonds is 4. The second-order valence-electron chi connectivity index (χ2n) is 5.75. The topological polar surface area (TPSA) is 38.3 Å². The molecule has 0 amide bonds. The molecule has 20 heavy (non-hydrogen) atoms. The number of hydrogen-bond acceptors (Lipinski definition) is 4. The highest BCUT2D eigenvalue weighted by molar-refractivity contribution is 7.98. The first-order chi connectivity index (χ1) is 9.53. The minimum absolute atomic E-state index is 0.221. The van der Waals surface area contributed by atoms with Crippen LogP contribution in [0, 0.1) is 5.92 Å². The van der Waals surface area contributed by atoms with Gasteiger partial charge in [-0.15, -0.1) is 11.8 Å². The van der Waals surface area contributed by atoms with Crippen molar-refractivity contribution >= 4 is 17.7 Å². The van der Waals surface area contributed by atoms with E-state index in [0.717, 1.165) is 30.8 Å². The molecule has 3 nitrogen and oxygen atoms in total. The molecular weight excluding hydrogens is 270 g/mol. The number of piperidine rings is 1. The largest absolute Gasteiger partial charge is 0.456 e. The minimum Gasteiger partial charge on any atom is -0.456 e. The lowest BCUT2D eigenvalue weighted by Gasteiger charge is -2.36. The van der Waals surface area contributed by atoms with Gasteiger partial charge in [0.2, 0.25) is 0 Å². The molecule has 1 saturated heterocycles. The van der Waals surface area contributed by atoms with Crippen LogP contribution >= 0.6 is 11.8 Å². The summed E-state index contributed by atoms with van der Waals surface area (Å²) in [4.78, 5) is 13.4. The number of hydrogen-bond donors (Lipinski definition) is 1. The van der Waals surface area contributed by atoms with Crippen molar-refractivity contribution < 1.29 is 9.53 Å². The van der Waals surface area contributed by atoms with Gasteiger partial charge in [-0.3, -0.25) is 0 Å². The second kappa shape index (κ2) is 6.64. The van der Waals surface area contributed by atoms with Crippen LogP contribution in [0.25, 0.3) is 0 Å². The highest BCUT2D eigenvalue weighted by atomic mass is 32.2. The SMILES string of the molecule is CSc1ccc(C(=O)OC(C)(C)C2CCNCC2)cc1. The average molecular weight is 293 g/mol. The number of nitrogens with one attached hydrogen (secondary N) is 1. The van der Waals surface area contributed by atoms with E-state index in [0.29, 0.717) is 11.5 Å². The summed E-state index contributed by atoms with van der Waals surface area (Å²) in [5.41, 5.74) is 0.224. The van der Waals surface area contributed by atoms with E-state index in [4.69, 9.17) is 4.74 Å². The maximum Gasteiger partial charge on any atom is 0.338 e. The molecule has 1 aliphatic rings. The fourth-order valence-electron chi connectivity index (χ4n) is 2.63. The van der Waals surface area contributed by atoms with Crippen molar-refractivity contribution in [3.05, 3.63) is 29.8 Å². The molecule has 1 heterocycles. The molecule has 1 fully saturated rings. The van der Waals surface area contributed by atoms with Gasteiger partial charge in [-0.25, -0.2) is 4.79 Å². The van der Waals surface area contributed by atoms with Crippen molar-refractivity contribution in [1.82, 2.24) is 5.32 Å². The Balaban J connectivity index is 2.01. The van der Waals surface area contributed by atoms with Crippen LogP contribution in [0.1, 0.15) is 37.0 Å². The monoisotopic (exact) mass is 293 g/mol. The zero-order valence-electron chi connectivity index (χ0n) is 12.4. The van der Waals surface area contributed by atoms with Gasteiger partial charge in [-0.2, -0.15) is 0 Å².